The van der Waals surface area contributed by atoms with Crippen LogP contribution in [0.25, 0.3) is 0 Å². The Morgan fingerprint density at radius 2 is 1.60 bits per heavy atom. The highest BCUT2D eigenvalue weighted by atomic mass is 19.1. The molecule has 2 aliphatic rings. The van der Waals surface area contributed by atoms with Gasteiger partial charge in [-0.3, -0.25) is 4.79 Å². The van der Waals surface area contributed by atoms with E-state index >= 15 is 0 Å². The molecule has 1 fully saturated rings. The van der Waals surface area contributed by atoms with E-state index in [9.17, 15) is 23.2 Å². The van der Waals surface area contributed by atoms with Gasteiger partial charge in [-0.2, -0.15) is 0 Å². The van der Waals surface area contributed by atoms with E-state index in [2.05, 4.69) is 4.90 Å². The van der Waals surface area contributed by atoms with E-state index in [1.807, 2.05) is 12.1 Å². The summed E-state index contributed by atoms with van der Waals surface area (Å²) in [6, 6.07) is 11.5. The number of hydrogen-bond acceptors (Lipinski definition) is 4. The zero-order valence-corrected chi connectivity index (χ0v) is 19.2. The lowest BCUT2D eigenvalue weighted by molar-refractivity contribution is -0.134. The molecule has 7 nitrogen and oxygen atoms in total. The van der Waals surface area contributed by atoms with Crippen molar-refractivity contribution in [1.29, 1.82) is 0 Å². The second kappa shape index (κ2) is 12.2. The summed E-state index contributed by atoms with van der Waals surface area (Å²) < 4.78 is 26.9. The number of likely N-dealkylation sites (tertiary alicyclic amines) is 1. The van der Waals surface area contributed by atoms with Gasteiger partial charge in [0, 0.05) is 42.9 Å². The summed E-state index contributed by atoms with van der Waals surface area (Å²) in [5, 5.41) is 15.6. The minimum Gasteiger partial charge on any atom is -0.478 e. The maximum Gasteiger partial charge on any atom is 0.328 e. The lowest BCUT2D eigenvalue weighted by Gasteiger charge is -2.33. The summed E-state index contributed by atoms with van der Waals surface area (Å²) >= 11 is 0. The van der Waals surface area contributed by atoms with Crippen molar-refractivity contribution >= 4 is 17.8 Å². The van der Waals surface area contributed by atoms with Gasteiger partial charge in [0.05, 0.1) is 0 Å². The van der Waals surface area contributed by atoms with E-state index in [1.54, 1.807) is 17.0 Å². The first-order valence-corrected chi connectivity index (χ1v) is 11.4. The largest absolute Gasteiger partial charge is 0.478 e. The van der Waals surface area contributed by atoms with Gasteiger partial charge >= 0.3 is 11.9 Å². The van der Waals surface area contributed by atoms with Crippen LogP contribution in [0, 0.1) is 17.6 Å². The third-order valence-electron chi connectivity index (χ3n) is 6.17. The highest BCUT2D eigenvalue weighted by molar-refractivity contribution is 5.98. The van der Waals surface area contributed by atoms with Crippen LogP contribution >= 0.6 is 0 Å². The molecule has 1 saturated heterocycles. The zero-order chi connectivity index (χ0) is 25.4. The Bertz CT molecular complexity index is 1060. The first-order chi connectivity index (χ1) is 16.7. The second-order valence-corrected chi connectivity index (χ2v) is 8.62. The summed E-state index contributed by atoms with van der Waals surface area (Å²) in [6.45, 7) is 4.09. The van der Waals surface area contributed by atoms with Crippen LogP contribution in [0.15, 0.2) is 54.6 Å². The van der Waals surface area contributed by atoms with Crippen molar-refractivity contribution < 1.29 is 33.4 Å². The van der Waals surface area contributed by atoms with Crippen LogP contribution in [0.3, 0.4) is 0 Å². The van der Waals surface area contributed by atoms with E-state index in [4.69, 9.17) is 10.2 Å². The molecule has 0 atom stereocenters. The Morgan fingerprint density at radius 3 is 2.17 bits per heavy atom. The van der Waals surface area contributed by atoms with Crippen LogP contribution in [-0.4, -0.2) is 64.0 Å². The number of aliphatic carboxylic acids is 2. The predicted octanol–water partition coefficient (Wildman–Crippen LogP) is 3.59. The van der Waals surface area contributed by atoms with Gasteiger partial charge in [0.1, 0.15) is 11.6 Å². The van der Waals surface area contributed by atoms with Gasteiger partial charge in [0.2, 0.25) is 0 Å². The molecule has 2 aromatic rings. The Kier molecular flexibility index (Phi) is 9.08. The molecule has 1 amide bonds. The van der Waals surface area contributed by atoms with Crippen molar-refractivity contribution in [2.45, 2.75) is 25.8 Å². The van der Waals surface area contributed by atoms with Crippen LogP contribution in [0.1, 0.15) is 34.3 Å². The first kappa shape index (κ1) is 26.0. The molecule has 4 rings (SSSR count). The number of halogens is 2. The number of nitrogens with zero attached hydrogens (tertiary/aromatic N) is 2. The molecule has 0 aliphatic carbocycles. The van der Waals surface area contributed by atoms with Crippen molar-refractivity contribution in [3.05, 3.63) is 82.9 Å². The van der Waals surface area contributed by atoms with Crippen LogP contribution in [0.4, 0.5) is 8.78 Å². The smallest absolute Gasteiger partial charge is 0.328 e. The highest BCUT2D eigenvalue weighted by Crippen LogP contribution is 2.28. The van der Waals surface area contributed by atoms with Crippen LogP contribution in [0.2, 0.25) is 0 Å². The average Bonchev–Trinajstić information content (AvgIpc) is 3.15. The average molecular weight is 487 g/mol. The minimum absolute atomic E-state index is 0.0387. The van der Waals surface area contributed by atoms with Crippen LogP contribution in [0.5, 0.6) is 0 Å². The summed E-state index contributed by atoms with van der Waals surface area (Å²) in [7, 11) is 0. The topological polar surface area (TPSA) is 98.1 Å². The molecule has 2 aliphatic heterocycles. The van der Waals surface area contributed by atoms with E-state index < -0.39 is 11.9 Å². The van der Waals surface area contributed by atoms with Crippen molar-refractivity contribution in [3.8, 4) is 0 Å². The lowest BCUT2D eigenvalue weighted by atomic mass is 9.96. The van der Waals surface area contributed by atoms with Gasteiger partial charge in [-0.25, -0.2) is 18.4 Å². The monoisotopic (exact) mass is 486 g/mol. The minimum atomic E-state index is -1.26. The number of hydrogen-bond donors (Lipinski definition) is 2. The van der Waals surface area contributed by atoms with E-state index in [0.29, 0.717) is 42.3 Å². The Hall–Kier alpha value is -3.59. The molecule has 0 saturated carbocycles. The standard InChI is InChI=1S/C22H24F2N2O.C4H4O4/c23-18-6-4-16(5-7-18)8-11-25-12-9-17(10-13-25)14-26-15-20-19(22(26)27)2-1-3-21(20)24;5-3(6)1-2-4(7)8/h1-7,17H,8-15H2;1-2H,(H,5,6)(H,7,8). The fourth-order valence-corrected chi connectivity index (χ4v) is 4.29. The second-order valence-electron chi connectivity index (χ2n) is 8.62. The number of carbonyl (C=O) groups excluding carboxylic acids is 1. The van der Waals surface area contributed by atoms with Crippen LogP contribution in [-0.2, 0) is 22.6 Å². The van der Waals surface area contributed by atoms with E-state index in [1.165, 1.54) is 18.2 Å². The molecule has 2 heterocycles. The highest BCUT2D eigenvalue weighted by Gasteiger charge is 2.31. The normalized spacial score (nSPS) is 16.2. The summed E-state index contributed by atoms with van der Waals surface area (Å²) in [5.74, 6) is -2.56. The number of carboxylic acids is 2. The van der Waals surface area contributed by atoms with E-state index in [-0.39, 0.29) is 17.5 Å². The fraction of sp³-hybridized carbons (Fsp3) is 0.346. The van der Waals surface area contributed by atoms with Crippen molar-refractivity contribution in [3.63, 3.8) is 0 Å². The molecule has 0 unspecified atom stereocenters. The Morgan fingerprint density at radius 1 is 0.971 bits per heavy atom. The van der Waals surface area contributed by atoms with Crippen molar-refractivity contribution in [2.24, 2.45) is 5.92 Å². The summed E-state index contributed by atoms with van der Waals surface area (Å²) in [6.07, 6.45) is 4.13. The Balaban J connectivity index is 0.000000371. The molecule has 186 valence electrons. The van der Waals surface area contributed by atoms with Gasteiger partial charge in [-0.15, -0.1) is 0 Å². The van der Waals surface area contributed by atoms with Gasteiger partial charge in [-0.05, 0) is 68.1 Å². The Labute approximate surface area is 202 Å². The summed E-state index contributed by atoms with van der Waals surface area (Å²) in [5.41, 5.74) is 2.21. The third kappa shape index (κ3) is 7.71. The fourth-order valence-electron chi connectivity index (χ4n) is 4.29. The van der Waals surface area contributed by atoms with E-state index in [0.717, 1.165) is 44.5 Å². The number of benzene rings is 2. The quantitative estimate of drug-likeness (QED) is 0.581. The molecule has 0 aromatic heterocycles. The lowest BCUT2D eigenvalue weighted by Crippen LogP contribution is -2.39. The van der Waals surface area contributed by atoms with Crippen molar-refractivity contribution in [2.75, 3.05) is 26.2 Å². The molecule has 35 heavy (non-hydrogen) atoms. The zero-order valence-electron chi connectivity index (χ0n) is 19.2. The molecule has 2 aromatic carbocycles. The van der Waals surface area contributed by atoms with Gasteiger partial charge in [-0.1, -0.05) is 18.2 Å². The number of piperidine rings is 1. The predicted molar refractivity (Wildman–Crippen MR) is 125 cm³/mol. The molecule has 2 N–H and O–H groups in total. The maximum absolute atomic E-state index is 13.9. The van der Waals surface area contributed by atoms with Gasteiger partial charge in [0.25, 0.3) is 5.91 Å². The third-order valence-corrected chi connectivity index (χ3v) is 6.17. The van der Waals surface area contributed by atoms with Gasteiger partial charge < -0.3 is 20.0 Å². The molecular formula is C26H28F2N2O5. The summed E-state index contributed by atoms with van der Waals surface area (Å²) in [4.78, 5) is 35.8. The number of carboxylic acid groups (broad SMARTS) is 2. The van der Waals surface area contributed by atoms with Gasteiger partial charge in [0.15, 0.2) is 0 Å². The molecule has 9 heteroatoms. The molecule has 0 bridgehead atoms. The number of amides is 1. The first-order valence-electron chi connectivity index (χ1n) is 11.4. The molecule has 0 spiro atoms. The number of rotatable bonds is 7. The maximum atomic E-state index is 13.9. The van der Waals surface area contributed by atoms with Crippen LogP contribution < -0.4 is 0 Å². The number of carbonyl (C=O) groups is 3. The number of fused-ring (bicyclic) bond motifs is 1. The molecular weight excluding hydrogens is 458 g/mol. The SMILES string of the molecule is O=C(O)C=CC(=O)O.O=C1c2cccc(F)c2CN1CC1CCN(CCc2ccc(F)cc2)CC1. The van der Waals surface area contributed by atoms with Crippen molar-refractivity contribution in [1.82, 2.24) is 9.80 Å². The molecule has 0 radical (unpaired) electrons.